The largest absolute Gasteiger partial charge is 0.314 e. The van der Waals surface area contributed by atoms with Crippen molar-refractivity contribution in [1.82, 2.24) is 5.32 Å². The van der Waals surface area contributed by atoms with E-state index < -0.39 is 0 Å². The van der Waals surface area contributed by atoms with E-state index in [9.17, 15) is 0 Å². The van der Waals surface area contributed by atoms with Crippen molar-refractivity contribution in [2.24, 2.45) is 0 Å². The second-order valence-electron chi connectivity index (χ2n) is 4.47. The minimum atomic E-state index is 0.672. The first-order chi connectivity index (χ1) is 7.76. The van der Waals surface area contributed by atoms with Crippen molar-refractivity contribution in [3.05, 3.63) is 21.9 Å². The zero-order chi connectivity index (χ0) is 11.8. The van der Waals surface area contributed by atoms with Gasteiger partial charge in [-0.05, 0) is 57.7 Å². The summed E-state index contributed by atoms with van der Waals surface area (Å²) in [4.78, 5) is 3.08. The molecular formula is C14H25NS. The molecule has 0 radical (unpaired) electrons. The summed E-state index contributed by atoms with van der Waals surface area (Å²) in [5.41, 5.74) is 0. The Morgan fingerprint density at radius 2 is 2.00 bits per heavy atom. The summed E-state index contributed by atoms with van der Waals surface area (Å²) in [6, 6.07) is 5.25. The van der Waals surface area contributed by atoms with E-state index in [4.69, 9.17) is 0 Å². The minimum absolute atomic E-state index is 0.672. The Kier molecular flexibility index (Phi) is 6.74. The van der Waals surface area contributed by atoms with Crippen LogP contribution in [0.4, 0.5) is 0 Å². The zero-order valence-electron chi connectivity index (χ0n) is 10.9. The van der Waals surface area contributed by atoms with Crippen LogP contribution in [0.5, 0.6) is 0 Å². The third kappa shape index (κ3) is 5.13. The lowest BCUT2D eigenvalue weighted by Crippen LogP contribution is -2.26. The van der Waals surface area contributed by atoms with Gasteiger partial charge in [-0.1, -0.05) is 13.8 Å². The fourth-order valence-electron chi connectivity index (χ4n) is 1.82. The van der Waals surface area contributed by atoms with Gasteiger partial charge in [0.1, 0.15) is 0 Å². The molecule has 1 heterocycles. The molecule has 0 aliphatic carbocycles. The van der Waals surface area contributed by atoms with E-state index in [1.165, 1.54) is 37.0 Å². The molecule has 1 aromatic heterocycles. The summed E-state index contributed by atoms with van der Waals surface area (Å²) in [6.07, 6.45) is 6.26. The van der Waals surface area contributed by atoms with Gasteiger partial charge in [0.15, 0.2) is 0 Å². The van der Waals surface area contributed by atoms with Gasteiger partial charge in [0, 0.05) is 15.8 Å². The summed E-state index contributed by atoms with van der Waals surface area (Å²) in [6.45, 7) is 7.89. The van der Waals surface area contributed by atoms with E-state index in [1.807, 2.05) is 11.3 Å². The standard InChI is InChI=1S/C14H25NS/c1-4-11-15-12(3)7-6-8-14-10-9-13(5-2)16-14/h9-10,12,15H,4-8,11H2,1-3H3. The first-order valence-electron chi connectivity index (χ1n) is 6.57. The summed E-state index contributed by atoms with van der Waals surface area (Å²) < 4.78 is 0. The fourth-order valence-corrected chi connectivity index (χ4v) is 2.82. The lowest BCUT2D eigenvalue weighted by molar-refractivity contribution is 0.499. The molecule has 0 spiro atoms. The van der Waals surface area contributed by atoms with Gasteiger partial charge in [-0.3, -0.25) is 0 Å². The molecule has 0 bridgehead atoms. The molecule has 16 heavy (non-hydrogen) atoms. The summed E-state index contributed by atoms with van der Waals surface area (Å²) in [5, 5.41) is 3.54. The van der Waals surface area contributed by atoms with Crippen molar-refractivity contribution >= 4 is 11.3 Å². The number of aryl methyl sites for hydroxylation is 2. The van der Waals surface area contributed by atoms with Crippen molar-refractivity contribution in [1.29, 1.82) is 0 Å². The predicted molar refractivity (Wildman–Crippen MR) is 74.4 cm³/mol. The maximum atomic E-state index is 3.54. The Balaban J connectivity index is 2.14. The summed E-state index contributed by atoms with van der Waals surface area (Å²) >= 11 is 1.98. The van der Waals surface area contributed by atoms with Gasteiger partial charge in [-0.15, -0.1) is 11.3 Å². The molecule has 0 aliphatic heterocycles. The van der Waals surface area contributed by atoms with Crippen LogP contribution < -0.4 is 5.32 Å². The van der Waals surface area contributed by atoms with Gasteiger partial charge in [0.05, 0.1) is 0 Å². The predicted octanol–water partition coefficient (Wildman–Crippen LogP) is 4.02. The van der Waals surface area contributed by atoms with Crippen LogP contribution in [0.2, 0.25) is 0 Å². The van der Waals surface area contributed by atoms with Crippen LogP contribution in [0.15, 0.2) is 12.1 Å². The highest BCUT2D eigenvalue weighted by Gasteiger charge is 2.02. The van der Waals surface area contributed by atoms with Crippen LogP contribution in [0, 0.1) is 0 Å². The Labute approximate surface area is 104 Å². The van der Waals surface area contributed by atoms with Crippen LogP contribution in [-0.4, -0.2) is 12.6 Å². The van der Waals surface area contributed by atoms with Gasteiger partial charge in [-0.2, -0.15) is 0 Å². The molecule has 0 fully saturated rings. The van der Waals surface area contributed by atoms with Crippen LogP contribution in [0.1, 0.15) is 49.8 Å². The van der Waals surface area contributed by atoms with Crippen molar-refractivity contribution < 1.29 is 0 Å². The van der Waals surface area contributed by atoms with Crippen LogP contribution in [0.3, 0.4) is 0 Å². The molecule has 1 N–H and O–H groups in total. The highest BCUT2D eigenvalue weighted by molar-refractivity contribution is 7.11. The second-order valence-corrected chi connectivity index (χ2v) is 5.72. The van der Waals surface area contributed by atoms with E-state index in [1.54, 1.807) is 4.88 Å². The number of thiophene rings is 1. The van der Waals surface area contributed by atoms with Crippen LogP contribution in [-0.2, 0) is 12.8 Å². The Morgan fingerprint density at radius 3 is 2.62 bits per heavy atom. The van der Waals surface area contributed by atoms with Crippen molar-refractivity contribution in [2.75, 3.05) is 6.54 Å². The number of hydrogen-bond acceptors (Lipinski definition) is 2. The number of rotatable bonds is 8. The minimum Gasteiger partial charge on any atom is -0.314 e. The summed E-state index contributed by atoms with van der Waals surface area (Å²) in [7, 11) is 0. The van der Waals surface area contributed by atoms with Gasteiger partial charge in [0.2, 0.25) is 0 Å². The fraction of sp³-hybridized carbons (Fsp3) is 0.714. The monoisotopic (exact) mass is 239 g/mol. The maximum absolute atomic E-state index is 3.54. The van der Waals surface area contributed by atoms with Gasteiger partial charge in [-0.25, -0.2) is 0 Å². The molecular weight excluding hydrogens is 214 g/mol. The molecule has 1 aromatic rings. The quantitative estimate of drug-likeness (QED) is 0.722. The molecule has 1 nitrogen and oxygen atoms in total. The molecule has 0 aliphatic rings. The van der Waals surface area contributed by atoms with E-state index in [0.29, 0.717) is 6.04 Å². The van der Waals surface area contributed by atoms with Gasteiger partial charge >= 0.3 is 0 Å². The average molecular weight is 239 g/mol. The Bertz CT molecular complexity index is 280. The van der Waals surface area contributed by atoms with E-state index in [0.717, 1.165) is 6.54 Å². The molecule has 1 atom stereocenters. The maximum Gasteiger partial charge on any atom is 0.00481 e. The molecule has 0 saturated carbocycles. The molecule has 0 saturated heterocycles. The first kappa shape index (κ1) is 13.7. The Hall–Kier alpha value is -0.340. The molecule has 2 heteroatoms. The Morgan fingerprint density at radius 1 is 1.25 bits per heavy atom. The zero-order valence-corrected chi connectivity index (χ0v) is 11.7. The second kappa shape index (κ2) is 7.86. The van der Waals surface area contributed by atoms with Crippen LogP contribution in [0.25, 0.3) is 0 Å². The first-order valence-corrected chi connectivity index (χ1v) is 7.38. The van der Waals surface area contributed by atoms with Crippen LogP contribution >= 0.6 is 11.3 Å². The normalized spacial score (nSPS) is 12.9. The third-order valence-corrected chi connectivity index (χ3v) is 4.16. The number of hydrogen-bond donors (Lipinski definition) is 1. The average Bonchev–Trinajstić information content (AvgIpc) is 2.74. The highest BCUT2D eigenvalue weighted by atomic mass is 32.1. The highest BCUT2D eigenvalue weighted by Crippen LogP contribution is 2.19. The third-order valence-electron chi connectivity index (χ3n) is 2.87. The summed E-state index contributed by atoms with van der Waals surface area (Å²) in [5.74, 6) is 0. The van der Waals surface area contributed by atoms with E-state index in [-0.39, 0.29) is 0 Å². The van der Waals surface area contributed by atoms with Gasteiger partial charge in [0.25, 0.3) is 0 Å². The molecule has 92 valence electrons. The smallest absolute Gasteiger partial charge is 0.00481 e. The van der Waals surface area contributed by atoms with E-state index >= 15 is 0 Å². The SMILES string of the molecule is CCCNC(C)CCCc1ccc(CC)s1. The molecule has 1 rings (SSSR count). The van der Waals surface area contributed by atoms with Crippen molar-refractivity contribution in [3.8, 4) is 0 Å². The van der Waals surface area contributed by atoms with Crippen molar-refractivity contribution in [3.63, 3.8) is 0 Å². The van der Waals surface area contributed by atoms with E-state index in [2.05, 4.69) is 38.2 Å². The lowest BCUT2D eigenvalue weighted by Gasteiger charge is -2.12. The molecule has 1 unspecified atom stereocenters. The van der Waals surface area contributed by atoms with Gasteiger partial charge < -0.3 is 5.32 Å². The van der Waals surface area contributed by atoms with Crippen molar-refractivity contribution in [2.45, 2.75) is 58.9 Å². The lowest BCUT2D eigenvalue weighted by atomic mass is 10.1. The molecule has 0 amide bonds. The topological polar surface area (TPSA) is 12.0 Å². The molecule has 0 aromatic carbocycles. The number of nitrogens with one attached hydrogen (secondary N) is 1.